The molecule has 1 amide bonds. The number of amides is 1. The second-order valence-corrected chi connectivity index (χ2v) is 7.72. The maximum Gasteiger partial charge on any atom is 0.230 e. The number of benzene rings is 1. The first kappa shape index (κ1) is 18.0. The van der Waals surface area contributed by atoms with E-state index in [1.807, 2.05) is 16.7 Å². The van der Waals surface area contributed by atoms with Crippen molar-refractivity contribution in [2.75, 3.05) is 5.75 Å². The van der Waals surface area contributed by atoms with Crippen LogP contribution in [-0.2, 0) is 11.2 Å². The second kappa shape index (κ2) is 8.52. The molecule has 5 nitrogen and oxygen atoms in total. The molecule has 1 heterocycles. The molecule has 0 unspecified atom stereocenters. The van der Waals surface area contributed by atoms with Crippen LogP contribution in [0.15, 0.2) is 35.7 Å². The number of thioether (sulfide) groups is 1. The highest BCUT2D eigenvalue weighted by molar-refractivity contribution is 7.99. The van der Waals surface area contributed by atoms with Gasteiger partial charge >= 0.3 is 0 Å². The Morgan fingerprint density at radius 1 is 1.28 bits per heavy atom. The monoisotopic (exact) mass is 358 g/mol. The van der Waals surface area contributed by atoms with Gasteiger partial charge in [-0.15, -0.1) is 10.2 Å². The first-order valence-electron chi connectivity index (χ1n) is 9.07. The number of hydrogen-bond acceptors (Lipinski definition) is 4. The number of carbonyl (C=O) groups is 1. The van der Waals surface area contributed by atoms with Crippen LogP contribution in [-0.4, -0.2) is 32.5 Å². The van der Waals surface area contributed by atoms with Gasteiger partial charge in [0.25, 0.3) is 0 Å². The van der Waals surface area contributed by atoms with Crippen molar-refractivity contribution < 1.29 is 4.79 Å². The topological polar surface area (TPSA) is 59.8 Å². The molecule has 1 aliphatic rings. The first-order valence-corrected chi connectivity index (χ1v) is 10.1. The molecular formula is C19H26N4OS. The number of nitrogens with zero attached hydrogens (tertiary/aromatic N) is 3. The van der Waals surface area contributed by atoms with Gasteiger partial charge in [0.15, 0.2) is 5.16 Å². The number of hydrogen-bond donors (Lipinski definition) is 1. The Morgan fingerprint density at radius 3 is 2.80 bits per heavy atom. The Labute approximate surface area is 153 Å². The normalized spacial score (nSPS) is 20.4. The third kappa shape index (κ3) is 4.63. The summed E-state index contributed by atoms with van der Waals surface area (Å²) in [6.07, 6.45) is 7.27. The summed E-state index contributed by atoms with van der Waals surface area (Å²) in [4.78, 5) is 12.3. The number of carbonyl (C=O) groups excluding carboxylic acids is 1. The van der Waals surface area contributed by atoms with Crippen LogP contribution in [0.3, 0.4) is 0 Å². The van der Waals surface area contributed by atoms with Crippen LogP contribution < -0.4 is 5.32 Å². The number of aromatic nitrogens is 3. The molecule has 3 rings (SSSR count). The molecule has 0 aliphatic heterocycles. The molecule has 6 heteroatoms. The zero-order valence-electron chi connectivity index (χ0n) is 14.9. The average Bonchev–Trinajstić information content (AvgIpc) is 3.10. The molecule has 2 aromatic rings. The van der Waals surface area contributed by atoms with Crippen molar-refractivity contribution in [3.63, 3.8) is 0 Å². The Bertz CT molecular complexity index is 707. The lowest BCUT2D eigenvalue weighted by atomic mass is 9.87. The summed E-state index contributed by atoms with van der Waals surface area (Å²) in [7, 11) is 0. The minimum absolute atomic E-state index is 0.0860. The third-order valence-electron chi connectivity index (χ3n) is 4.86. The highest BCUT2D eigenvalue weighted by Crippen LogP contribution is 2.24. The van der Waals surface area contributed by atoms with E-state index in [0.29, 0.717) is 11.8 Å². The van der Waals surface area contributed by atoms with Gasteiger partial charge in [0.05, 0.1) is 11.4 Å². The van der Waals surface area contributed by atoms with Crippen LogP contribution in [0.5, 0.6) is 0 Å². The van der Waals surface area contributed by atoms with Gasteiger partial charge in [-0.3, -0.25) is 9.36 Å². The molecule has 1 aromatic carbocycles. The number of para-hydroxylation sites is 1. The van der Waals surface area contributed by atoms with Crippen molar-refractivity contribution in [2.24, 2.45) is 5.92 Å². The molecule has 134 valence electrons. The van der Waals surface area contributed by atoms with Gasteiger partial charge in [0.1, 0.15) is 6.33 Å². The van der Waals surface area contributed by atoms with Crippen molar-refractivity contribution in [1.82, 2.24) is 20.1 Å². The van der Waals surface area contributed by atoms with E-state index in [0.717, 1.165) is 36.0 Å². The smallest absolute Gasteiger partial charge is 0.230 e. The standard InChI is InChI=1S/C19H26N4OS/c1-3-15-6-4-5-7-17(15)23-13-20-22-19(23)25-12-18(24)21-16-10-8-14(2)9-11-16/h4-7,13-14,16H,3,8-12H2,1-2H3,(H,21,24). The summed E-state index contributed by atoms with van der Waals surface area (Å²) in [5.74, 6) is 1.25. The molecular weight excluding hydrogens is 332 g/mol. The maximum absolute atomic E-state index is 12.3. The minimum Gasteiger partial charge on any atom is -0.353 e. The lowest BCUT2D eigenvalue weighted by Gasteiger charge is -2.26. The molecule has 1 N–H and O–H groups in total. The molecule has 1 saturated carbocycles. The van der Waals surface area contributed by atoms with Crippen molar-refractivity contribution in [2.45, 2.75) is 57.1 Å². The Hall–Kier alpha value is -1.82. The largest absolute Gasteiger partial charge is 0.353 e. The van der Waals surface area contributed by atoms with Gasteiger partial charge in [-0.05, 0) is 49.7 Å². The fourth-order valence-corrected chi connectivity index (χ4v) is 4.07. The number of aryl methyl sites for hydroxylation is 1. The highest BCUT2D eigenvalue weighted by Gasteiger charge is 2.20. The molecule has 0 spiro atoms. The van der Waals surface area contributed by atoms with Crippen LogP contribution in [0.25, 0.3) is 5.69 Å². The van der Waals surface area contributed by atoms with Crippen molar-refractivity contribution in [3.05, 3.63) is 36.2 Å². The van der Waals surface area contributed by atoms with E-state index in [1.165, 1.54) is 30.2 Å². The summed E-state index contributed by atoms with van der Waals surface area (Å²) in [5.41, 5.74) is 2.32. The predicted octanol–water partition coefficient (Wildman–Crippen LogP) is 3.62. The van der Waals surface area contributed by atoms with Crippen LogP contribution in [0, 0.1) is 5.92 Å². The number of nitrogens with one attached hydrogen (secondary N) is 1. The SMILES string of the molecule is CCc1ccccc1-n1cnnc1SCC(=O)NC1CCC(C)CC1. The Morgan fingerprint density at radius 2 is 2.04 bits per heavy atom. The lowest BCUT2D eigenvalue weighted by molar-refractivity contribution is -0.119. The zero-order chi connectivity index (χ0) is 17.6. The van der Waals surface area contributed by atoms with Crippen LogP contribution >= 0.6 is 11.8 Å². The van der Waals surface area contributed by atoms with E-state index >= 15 is 0 Å². The van der Waals surface area contributed by atoms with E-state index in [9.17, 15) is 4.79 Å². The first-order chi connectivity index (χ1) is 12.2. The second-order valence-electron chi connectivity index (χ2n) is 6.78. The molecule has 0 saturated heterocycles. The van der Waals surface area contributed by atoms with Gasteiger partial charge in [0, 0.05) is 6.04 Å². The van der Waals surface area contributed by atoms with E-state index in [4.69, 9.17) is 0 Å². The fourth-order valence-electron chi connectivity index (χ4n) is 3.34. The van der Waals surface area contributed by atoms with Crippen LogP contribution in [0.4, 0.5) is 0 Å². The quantitative estimate of drug-likeness (QED) is 0.801. The van der Waals surface area contributed by atoms with Crippen molar-refractivity contribution >= 4 is 17.7 Å². The Balaban J connectivity index is 1.59. The van der Waals surface area contributed by atoms with Gasteiger partial charge in [-0.1, -0.05) is 43.8 Å². The van der Waals surface area contributed by atoms with E-state index in [-0.39, 0.29) is 5.91 Å². The summed E-state index contributed by atoms with van der Waals surface area (Å²) in [5, 5.41) is 12.2. The average molecular weight is 359 g/mol. The molecule has 1 fully saturated rings. The number of rotatable bonds is 6. The van der Waals surface area contributed by atoms with Crippen molar-refractivity contribution in [1.29, 1.82) is 0 Å². The molecule has 25 heavy (non-hydrogen) atoms. The van der Waals surface area contributed by atoms with Gasteiger partial charge < -0.3 is 5.32 Å². The van der Waals surface area contributed by atoms with E-state index < -0.39 is 0 Å². The molecule has 0 atom stereocenters. The summed E-state index contributed by atoms with van der Waals surface area (Å²) >= 11 is 1.44. The molecule has 0 bridgehead atoms. The lowest BCUT2D eigenvalue weighted by Crippen LogP contribution is -2.38. The maximum atomic E-state index is 12.3. The summed E-state index contributed by atoms with van der Waals surface area (Å²) in [6.45, 7) is 4.42. The highest BCUT2D eigenvalue weighted by atomic mass is 32.2. The summed E-state index contributed by atoms with van der Waals surface area (Å²) < 4.78 is 1.97. The Kier molecular flexibility index (Phi) is 6.13. The third-order valence-corrected chi connectivity index (χ3v) is 5.80. The van der Waals surface area contributed by atoms with Crippen LogP contribution in [0.2, 0.25) is 0 Å². The zero-order valence-corrected chi connectivity index (χ0v) is 15.8. The minimum atomic E-state index is 0.0860. The summed E-state index contributed by atoms with van der Waals surface area (Å²) in [6, 6.07) is 8.57. The van der Waals surface area contributed by atoms with Gasteiger partial charge in [0.2, 0.25) is 5.91 Å². The van der Waals surface area contributed by atoms with Gasteiger partial charge in [-0.25, -0.2) is 0 Å². The van der Waals surface area contributed by atoms with E-state index in [1.54, 1.807) is 6.33 Å². The molecule has 1 aliphatic carbocycles. The van der Waals surface area contributed by atoms with Gasteiger partial charge in [-0.2, -0.15) is 0 Å². The van der Waals surface area contributed by atoms with Crippen LogP contribution in [0.1, 0.15) is 45.1 Å². The van der Waals surface area contributed by atoms with Crippen molar-refractivity contribution in [3.8, 4) is 5.69 Å². The molecule has 0 radical (unpaired) electrons. The fraction of sp³-hybridized carbons (Fsp3) is 0.526. The van der Waals surface area contributed by atoms with E-state index in [2.05, 4.69) is 41.5 Å². The molecule has 1 aromatic heterocycles. The predicted molar refractivity (Wildman–Crippen MR) is 101 cm³/mol.